The lowest BCUT2D eigenvalue weighted by Crippen LogP contribution is -2.36. The molecule has 1 unspecified atom stereocenters. The lowest BCUT2D eigenvalue weighted by molar-refractivity contribution is -0.384. The van der Waals surface area contributed by atoms with E-state index in [2.05, 4.69) is 10.6 Å². The molecule has 3 N–H and O–H groups in total. The van der Waals surface area contributed by atoms with Crippen molar-refractivity contribution in [1.82, 2.24) is 10.6 Å². The van der Waals surface area contributed by atoms with Gasteiger partial charge in [0.05, 0.1) is 10.8 Å². The number of non-ortho nitro benzene ring substituents is 1. The summed E-state index contributed by atoms with van der Waals surface area (Å²) in [6.45, 7) is 2.07. The Morgan fingerprint density at radius 2 is 1.90 bits per heavy atom. The minimum Gasteiger partial charge on any atom is -0.481 e. The van der Waals surface area contributed by atoms with Crippen molar-refractivity contribution in [1.29, 1.82) is 0 Å². The topological polar surface area (TPSA) is 122 Å². The average Bonchev–Trinajstić information content (AvgIpc) is 2.45. The number of nitrogens with one attached hydrogen (secondary N) is 2. The van der Waals surface area contributed by atoms with Crippen molar-refractivity contribution in [3.63, 3.8) is 0 Å². The van der Waals surface area contributed by atoms with E-state index in [-0.39, 0.29) is 18.8 Å². The van der Waals surface area contributed by atoms with Gasteiger partial charge in [0, 0.05) is 25.2 Å². The lowest BCUT2D eigenvalue weighted by atomic mass is 10.1. The molecule has 1 atom stereocenters. The van der Waals surface area contributed by atoms with Crippen molar-refractivity contribution < 1.29 is 19.6 Å². The van der Waals surface area contributed by atoms with Crippen LogP contribution in [0.3, 0.4) is 0 Å². The molecule has 0 aliphatic rings. The first-order valence-corrected chi connectivity index (χ1v) is 6.38. The summed E-state index contributed by atoms with van der Waals surface area (Å²) in [5.74, 6) is -1.41. The van der Waals surface area contributed by atoms with Gasteiger partial charge in [0.15, 0.2) is 0 Å². The highest BCUT2D eigenvalue weighted by atomic mass is 16.6. The monoisotopic (exact) mass is 295 g/mol. The predicted octanol–water partition coefficient (Wildman–Crippen LogP) is 1.50. The summed E-state index contributed by atoms with van der Waals surface area (Å²) in [7, 11) is 0. The SMILES string of the molecule is CC(CCNC(=O)NCc1ccc([N+](=O)[O-])cc1)C(=O)O. The Hall–Kier alpha value is -2.64. The predicted molar refractivity (Wildman–Crippen MR) is 74.8 cm³/mol. The third kappa shape index (κ3) is 5.89. The zero-order valence-electron chi connectivity index (χ0n) is 11.5. The van der Waals surface area contributed by atoms with Gasteiger partial charge in [0.25, 0.3) is 5.69 Å². The standard InChI is InChI=1S/C13H17N3O5/c1-9(12(17)18)6-7-14-13(19)15-8-10-2-4-11(5-3-10)16(20)21/h2-5,9H,6-8H2,1H3,(H,17,18)(H2,14,15,19). The number of carbonyl (C=O) groups is 2. The zero-order chi connectivity index (χ0) is 15.8. The summed E-state index contributed by atoms with van der Waals surface area (Å²) in [6, 6.07) is 5.44. The van der Waals surface area contributed by atoms with Gasteiger partial charge < -0.3 is 15.7 Å². The number of carbonyl (C=O) groups excluding carboxylic acids is 1. The molecule has 0 heterocycles. The van der Waals surface area contributed by atoms with Crippen LogP contribution in [0.1, 0.15) is 18.9 Å². The van der Waals surface area contributed by atoms with Crippen molar-refractivity contribution >= 4 is 17.7 Å². The van der Waals surface area contributed by atoms with Crippen LogP contribution in [0.5, 0.6) is 0 Å². The minimum atomic E-state index is -0.900. The average molecular weight is 295 g/mol. The fraction of sp³-hybridized carbons (Fsp3) is 0.385. The second kappa shape index (κ2) is 7.83. The Labute approximate surface area is 121 Å². The first-order chi connectivity index (χ1) is 9.90. The summed E-state index contributed by atoms with van der Waals surface area (Å²) in [5, 5.41) is 24.3. The van der Waals surface area contributed by atoms with Crippen molar-refractivity contribution in [2.75, 3.05) is 6.54 Å². The van der Waals surface area contributed by atoms with Crippen LogP contribution in [0, 0.1) is 16.0 Å². The lowest BCUT2D eigenvalue weighted by Gasteiger charge is -2.09. The summed E-state index contributed by atoms with van der Waals surface area (Å²) in [4.78, 5) is 32.0. The number of carboxylic acid groups (broad SMARTS) is 1. The van der Waals surface area contributed by atoms with Crippen LogP contribution in [-0.4, -0.2) is 28.6 Å². The molecule has 1 aromatic carbocycles. The molecule has 0 aromatic heterocycles. The highest BCUT2D eigenvalue weighted by Gasteiger charge is 2.10. The molecule has 1 aromatic rings. The highest BCUT2D eigenvalue weighted by molar-refractivity contribution is 5.74. The number of urea groups is 1. The van der Waals surface area contributed by atoms with Crippen LogP contribution in [0.25, 0.3) is 0 Å². The first kappa shape index (κ1) is 16.4. The third-order valence-corrected chi connectivity index (χ3v) is 2.88. The van der Waals surface area contributed by atoms with E-state index in [0.29, 0.717) is 6.42 Å². The molecule has 0 aliphatic carbocycles. The fourth-order valence-electron chi connectivity index (χ4n) is 1.51. The van der Waals surface area contributed by atoms with Crippen molar-refractivity contribution in [3.05, 3.63) is 39.9 Å². The zero-order valence-corrected chi connectivity index (χ0v) is 11.5. The van der Waals surface area contributed by atoms with E-state index in [1.165, 1.54) is 12.1 Å². The molecule has 8 nitrogen and oxygen atoms in total. The number of benzene rings is 1. The number of hydrogen-bond acceptors (Lipinski definition) is 4. The van der Waals surface area contributed by atoms with Crippen LogP contribution in [0.4, 0.5) is 10.5 Å². The molecule has 0 spiro atoms. The summed E-state index contributed by atoms with van der Waals surface area (Å²) in [6.07, 6.45) is 0.348. The number of nitro groups is 1. The Balaban J connectivity index is 2.29. The molecule has 2 amide bonds. The maximum absolute atomic E-state index is 11.5. The molecule has 8 heteroatoms. The summed E-state index contributed by atoms with van der Waals surface area (Å²) < 4.78 is 0. The van der Waals surface area contributed by atoms with Gasteiger partial charge >= 0.3 is 12.0 Å². The first-order valence-electron chi connectivity index (χ1n) is 6.38. The molecule has 0 radical (unpaired) electrons. The van der Waals surface area contributed by atoms with E-state index in [9.17, 15) is 19.7 Å². The summed E-state index contributed by atoms with van der Waals surface area (Å²) >= 11 is 0. The van der Waals surface area contributed by atoms with Gasteiger partial charge in [0.1, 0.15) is 0 Å². The molecule has 114 valence electrons. The minimum absolute atomic E-state index is 0.00846. The summed E-state index contributed by atoms with van der Waals surface area (Å²) in [5.41, 5.74) is 0.723. The van der Waals surface area contributed by atoms with Gasteiger partial charge in [0.2, 0.25) is 0 Å². The van der Waals surface area contributed by atoms with Gasteiger partial charge in [-0.1, -0.05) is 19.1 Å². The van der Waals surface area contributed by atoms with Crippen molar-refractivity contribution in [2.24, 2.45) is 5.92 Å². The normalized spacial score (nSPS) is 11.5. The second-order valence-corrected chi connectivity index (χ2v) is 4.56. The smallest absolute Gasteiger partial charge is 0.315 e. The second-order valence-electron chi connectivity index (χ2n) is 4.56. The number of nitrogens with zero attached hydrogens (tertiary/aromatic N) is 1. The highest BCUT2D eigenvalue weighted by Crippen LogP contribution is 2.11. The van der Waals surface area contributed by atoms with E-state index in [4.69, 9.17) is 5.11 Å². The Kier molecular flexibility index (Phi) is 6.12. The molecule has 0 aliphatic heterocycles. The van der Waals surface area contributed by atoms with Gasteiger partial charge in [-0.05, 0) is 12.0 Å². The Bertz CT molecular complexity index is 515. The van der Waals surface area contributed by atoms with Crippen LogP contribution in [0.15, 0.2) is 24.3 Å². The molecular weight excluding hydrogens is 278 g/mol. The molecular formula is C13H17N3O5. The number of carboxylic acids is 1. The Morgan fingerprint density at radius 1 is 1.29 bits per heavy atom. The van der Waals surface area contributed by atoms with Gasteiger partial charge in [-0.25, -0.2) is 4.79 Å². The molecule has 0 saturated heterocycles. The largest absolute Gasteiger partial charge is 0.481 e. The quantitative estimate of drug-likeness (QED) is 0.520. The van der Waals surface area contributed by atoms with Crippen LogP contribution >= 0.6 is 0 Å². The van der Waals surface area contributed by atoms with Crippen LogP contribution in [-0.2, 0) is 11.3 Å². The maximum Gasteiger partial charge on any atom is 0.315 e. The van der Waals surface area contributed by atoms with Crippen LogP contribution in [0.2, 0.25) is 0 Å². The number of amides is 2. The van der Waals surface area contributed by atoms with E-state index < -0.39 is 22.8 Å². The number of nitro benzene ring substituents is 1. The molecule has 1 rings (SSSR count). The van der Waals surface area contributed by atoms with E-state index in [1.807, 2.05) is 0 Å². The molecule has 0 fully saturated rings. The van der Waals surface area contributed by atoms with Crippen LogP contribution < -0.4 is 10.6 Å². The van der Waals surface area contributed by atoms with Gasteiger partial charge in [-0.2, -0.15) is 0 Å². The van der Waals surface area contributed by atoms with E-state index in [1.54, 1.807) is 19.1 Å². The molecule has 21 heavy (non-hydrogen) atoms. The Morgan fingerprint density at radius 3 is 2.43 bits per heavy atom. The third-order valence-electron chi connectivity index (χ3n) is 2.88. The fourth-order valence-corrected chi connectivity index (χ4v) is 1.51. The van der Waals surface area contributed by atoms with Gasteiger partial charge in [-0.3, -0.25) is 14.9 Å². The number of hydrogen-bond donors (Lipinski definition) is 3. The van der Waals surface area contributed by atoms with Crippen molar-refractivity contribution in [3.8, 4) is 0 Å². The van der Waals surface area contributed by atoms with E-state index in [0.717, 1.165) is 5.56 Å². The number of rotatable bonds is 7. The molecule has 0 bridgehead atoms. The molecule has 0 saturated carbocycles. The van der Waals surface area contributed by atoms with Crippen molar-refractivity contribution in [2.45, 2.75) is 19.9 Å². The van der Waals surface area contributed by atoms with E-state index >= 15 is 0 Å². The maximum atomic E-state index is 11.5. The number of aliphatic carboxylic acids is 1. The van der Waals surface area contributed by atoms with Gasteiger partial charge in [-0.15, -0.1) is 0 Å².